The lowest BCUT2D eigenvalue weighted by Gasteiger charge is -2.72. The average molecular weight is 445 g/mol. The van der Waals surface area contributed by atoms with Gasteiger partial charge in [0.25, 0.3) is 0 Å². The molecule has 3 heteroatoms. The molecule has 6 aliphatic rings. The summed E-state index contributed by atoms with van der Waals surface area (Å²) in [6.07, 6.45) is 10.1. The van der Waals surface area contributed by atoms with E-state index < -0.39 is 5.60 Å². The molecule has 0 bridgehead atoms. The lowest BCUT2D eigenvalue weighted by Crippen LogP contribution is -2.72. The first-order valence-electron chi connectivity index (χ1n) is 13.9. The van der Waals surface area contributed by atoms with Crippen LogP contribution in [0.4, 0.5) is 0 Å². The van der Waals surface area contributed by atoms with Crippen molar-refractivity contribution in [3.8, 4) is 0 Å². The third-order valence-electron chi connectivity index (χ3n) is 13.9. The van der Waals surface area contributed by atoms with Gasteiger partial charge in [-0.15, -0.1) is 0 Å². The molecule has 182 valence electrons. The smallest absolute Gasteiger partial charge is 0.106 e. The Morgan fingerprint density at radius 1 is 0.812 bits per heavy atom. The molecule has 0 aromatic carbocycles. The maximum absolute atomic E-state index is 11.9. The molecular formula is C29H48O3. The van der Waals surface area contributed by atoms with Crippen LogP contribution in [0, 0.1) is 51.2 Å². The Kier molecular flexibility index (Phi) is 4.31. The molecule has 1 aliphatic heterocycles. The molecule has 0 aromatic heterocycles. The van der Waals surface area contributed by atoms with Crippen LogP contribution in [0.3, 0.4) is 0 Å². The van der Waals surface area contributed by atoms with Crippen molar-refractivity contribution < 1.29 is 14.9 Å². The van der Waals surface area contributed by atoms with Crippen LogP contribution in [0.1, 0.15) is 106 Å². The normalized spacial score (nSPS) is 65.0. The summed E-state index contributed by atoms with van der Waals surface area (Å²) in [5.41, 5.74) is -0.00655. The van der Waals surface area contributed by atoms with Crippen LogP contribution < -0.4 is 0 Å². The Bertz CT molecular complexity index is 823. The van der Waals surface area contributed by atoms with E-state index in [4.69, 9.17) is 4.74 Å². The van der Waals surface area contributed by atoms with E-state index in [0.29, 0.717) is 29.8 Å². The van der Waals surface area contributed by atoms with Gasteiger partial charge in [-0.25, -0.2) is 0 Å². The molecule has 6 fully saturated rings. The second-order valence-electron chi connectivity index (χ2n) is 14.9. The van der Waals surface area contributed by atoms with Gasteiger partial charge in [-0.3, -0.25) is 0 Å². The van der Waals surface area contributed by atoms with Crippen molar-refractivity contribution in [1.82, 2.24) is 0 Å². The fraction of sp³-hybridized carbons (Fsp3) is 1.00. The Morgan fingerprint density at radius 2 is 1.53 bits per heavy atom. The van der Waals surface area contributed by atoms with Crippen LogP contribution in [0.25, 0.3) is 0 Å². The molecule has 12 atom stereocenters. The van der Waals surface area contributed by atoms with E-state index >= 15 is 0 Å². The second kappa shape index (κ2) is 6.16. The Hall–Kier alpha value is -0.120. The van der Waals surface area contributed by atoms with Crippen LogP contribution >= 0.6 is 0 Å². The van der Waals surface area contributed by atoms with Gasteiger partial charge in [-0.05, 0) is 97.7 Å². The molecule has 5 saturated carbocycles. The lowest BCUT2D eigenvalue weighted by molar-refractivity contribution is -0.258. The number of epoxide rings is 1. The summed E-state index contributed by atoms with van der Waals surface area (Å²) in [5, 5.41) is 22.8. The van der Waals surface area contributed by atoms with Crippen molar-refractivity contribution in [3.63, 3.8) is 0 Å². The second-order valence-corrected chi connectivity index (χ2v) is 14.9. The average Bonchev–Trinajstić information content (AvgIpc) is 3.44. The summed E-state index contributed by atoms with van der Waals surface area (Å²) in [4.78, 5) is 0. The van der Waals surface area contributed by atoms with Crippen molar-refractivity contribution >= 4 is 0 Å². The molecule has 6 rings (SSSR count). The van der Waals surface area contributed by atoms with E-state index in [2.05, 4.69) is 48.5 Å². The van der Waals surface area contributed by atoms with E-state index in [0.717, 1.165) is 38.5 Å². The standard InChI is InChI=1S/C29H48O3/c1-17-8-13-28(31)15-14-27(7)26(6)12-9-19-24(3,4)21(30)10-11-25(19,5)20(26)16-22-29(27,32-22)23(28)18(17)2/h17-23,30-31H,8-16H2,1-7H3. The van der Waals surface area contributed by atoms with Crippen LogP contribution in [-0.2, 0) is 4.74 Å². The number of rotatable bonds is 0. The van der Waals surface area contributed by atoms with Gasteiger partial charge in [-0.2, -0.15) is 0 Å². The van der Waals surface area contributed by atoms with Gasteiger partial charge in [0.1, 0.15) is 5.60 Å². The van der Waals surface area contributed by atoms with Crippen molar-refractivity contribution in [1.29, 1.82) is 0 Å². The number of hydrogen-bond donors (Lipinski definition) is 2. The van der Waals surface area contributed by atoms with Crippen molar-refractivity contribution in [2.24, 2.45) is 51.2 Å². The number of ether oxygens (including phenoxy) is 1. The highest BCUT2D eigenvalue weighted by Crippen LogP contribution is 2.82. The van der Waals surface area contributed by atoms with Crippen LogP contribution in [0.15, 0.2) is 0 Å². The van der Waals surface area contributed by atoms with Crippen LogP contribution in [-0.4, -0.2) is 33.6 Å². The zero-order chi connectivity index (χ0) is 23.1. The summed E-state index contributed by atoms with van der Waals surface area (Å²) in [6.45, 7) is 17.3. The first-order chi connectivity index (χ1) is 14.8. The minimum atomic E-state index is -0.526. The predicted octanol–water partition coefficient (Wildman–Crippen LogP) is 5.96. The van der Waals surface area contributed by atoms with Gasteiger partial charge in [0.05, 0.1) is 17.8 Å². The van der Waals surface area contributed by atoms with Gasteiger partial charge >= 0.3 is 0 Å². The molecule has 1 heterocycles. The molecule has 5 aliphatic carbocycles. The first-order valence-corrected chi connectivity index (χ1v) is 13.9. The fourth-order valence-corrected chi connectivity index (χ4v) is 11.6. The molecule has 1 spiro atoms. The first kappa shape index (κ1) is 22.4. The zero-order valence-electron chi connectivity index (χ0n) is 21.7. The van der Waals surface area contributed by atoms with Crippen molar-refractivity contribution in [3.05, 3.63) is 0 Å². The zero-order valence-corrected chi connectivity index (χ0v) is 21.7. The predicted molar refractivity (Wildman–Crippen MR) is 127 cm³/mol. The summed E-state index contributed by atoms with van der Waals surface area (Å²) < 4.78 is 6.97. The topological polar surface area (TPSA) is 53.0 Å². The Balaban J connectivity index is 1.44. The third kappa shape index (κ3) is 2.22. The molecule has 3 nitrogen and oxygen atoms in total. The Morgan fingerprint density at radius 3 is 2.25 bits per heavy atom. The number of fused-ring (bicyclic) bond motifs is 5. The summed E-state index contributed by atoms with van der Waals surface area (Å²) in [5.74, 6) is 2.71. The van der Waals surface area contributed by atoms with Gasteiger partial charge in [0.2, 0.25) is 0 Å². The highest BCUT2D eigenvalue weighted by atomic mass is 16.6. The maximum Gasteiger partial charge on any atom is 0.106 e. The summed E-state index contributed by atoms with van der Waals surface area (Å²) in [7, 11) is 0. The molecule has 0 amide bonds. The fourth-order valence-electron chi connectivity index (χ4n) is 11.6. The number of hydrogen-bond acceptors (Lipinski definition) is 3. The van der Waals surface area contributed by atoms with E-state index in [-0.39, 0.29) is 39.3 Å². The largest absolute Gasteiger partial charge is 0.393 e. The molecule has 1 saturated heterocycles. The van der Waals surface area contributed by atoms with Crippen molar-refractivity contribution in [2.75, 3.05) is 0 Å². The molecule has 0 radical (unpaired) electrons. The summed E-state index contributed by atoms with van der Waals surface area (Å²) in [6, 6.07) is 0. The molecule has 0 aromatic rings. The highest BCUT2D eigenvalue weighted by molar-refractivity contribution is 5.32. The molecular weight excluding hydrogens is 396 g/mol. The van der Waals surface area contributed by atoms with Crippen molar-refractivity contribution in [2.45, 2.75) is 130 Å². The quantitative estimate of drug-likeness (QED) is 0.453. The number of aliphatic hydroxyl groups is 2. The van der Waals surface area contributed by atoms with Gasteiger partial charge in [-0.1, -0.05) is 48.5 Å². The van der Waals surface area contributed by atoms with Crippen LogP contribution in [0.2, 0.25) is 0 Å². The Labute approximate surface area is 196 Å². The molecule has 2 N–H and O–H groups in total. The maximum atomic E-state index is 11.9. The SMILES string of the molecule is CC1CCC2(O)CCC3(C)C4(C)CCC5C(C)(C)C(O)CCC5(C)C4CC4OC43C2C1C. The van der Waals surface area contributed by atoms with E-state index in [1.807, 2.05) is 0 Å². The summed E-state index contributed by atoms with van der Waals surface area (Å²) >= 11 is 0. The minimum Gasteiger partial charge on any atom is -0.393 e. The third-order valence-corrected chi connectivity index (χ3v) is 13.9. The lowest BCUT2D eigenvalue weighted by atomic mass is 9.32. The number of aliphatic hydroxyl groups excluding tert-OH is 1. The monoisotopic (exact) mass is 444 g/mol. The van der Waals surface area contributed by atoms with Gasteiger partial charge < -0.3 is 14.9 Å². The minimum absolute atomic E-state index is 0.00564. The van der Waals surface area contributed by atoms with Gasteiger partial charge in [0, 0.05) is 11.3 Å². The van der Waals surface area contributed by atoms with E-state index in [1.54, 1.807) is 0 Å². The van der Waals surface area contributed by atoms with E-state index in [9.17, 15) is 10.2 Å². The highest BCUT2D eigenvalue weighted by Gasteiger charge is 2.85. The molecule has 12 unspecified atom stereocenters. The van der Waals surface area contributed by atoms with E-state index in [1.165, 1.54) is 19.3 Å². The van der Waals surface area contributed by atoms with Crippen LogP contribution in [0.5, 0.6) is 0 Å². The van der Waals surface area contributed by atoms with Gasteiger partial charge in [0.15, 0.2) is 0 Å². The molecule has 32 heavy (non-hydrogen) atoms.